The third-order valence-electron chi connectivity index (χ3n) is 2.85. The average Bonchev–Trinajstić information content (AvgIpc) is 2.25. The summed E-state index contributed by atoms with van der Waals surface area (Å²) in [4.78, 5) is 6.17. The van der Waals surface area contributed by atoms with Gasteiger partial charge in [0.05, 0.1) is 0 Å². The maximum absolute atomic E-state index is 5.85. The van der Waals surface area contributed by atoms with Crippen molar-refractivity contribution in [1.29, 1.82) is 0 Å². The number of nitrogens with zero attached hydrogens (tertiary/aromatic N) is 2. The third-order valence-corrected chi connectivity index (χ3v) is 3.06. The molecule has 0 amide bonds. The molecule has 1 aromatic heterocycles. The molecule has 0 saturated heterocycles. The average molecular weight is 242 g/mol. The number of hydrogen-bond acceptors (Lipinski definition) is 3. The van der Waals surface area contributed by atoms with Gasteiger partial charge in [0, 0.05) is 24.8 Å². The van der Waals surface area contributed by atoms with E-state index in [9.17, 15) is 0 Å². The first kappa shape index (κ1) is 13.4. The third kappa shape index (κ3) is 4.08. The fraction of sp³-hybridized carbons (Fsp3) is 0.583. The predicted octanol–water partition coefficient (Wildman–Crippen LogP) is 2.34. The van der Waals surface area contributed by atoms with Gasteiger partial charge in [0.1, 0.15) is 5.15 Å². The fourth-order valence-electron chi connectivity index (χ4n) is 1.33. The zero-order chi connectivity index (χ0) is 12.1. The Kier molecular flexibility index (Phi) is 5.19. The summed E-state index contributed by atoms with van der Waals surface area (Å²) >= 11 is 5.85. The maximum Gasteiger partial charge on any atom is 0.129 e. The molecular weight excluding hydrogens is 222 g/mol. The second-order valence-electron chi connectivity index (χ2n) is 4.35. The van der Waals surface area contributed by atoms with Gasteiger partial charge in [-0.3, -0.25) is 0 Å². The van der Waals surface area contributed by atoms with Crippen LogP contribution in [0.15, 0.2) is 18.3 Å². The molecule has 90 valence electrons. The quantitative estimate of drug-likeness (QED) is 0.803. The van der Waals surface area contributed by atoms with Crippen molar-refractivity contribution >= 4 is 11.6 Å². The Bertz CT molecular complexity index is 328. The van der Waals surface area contributed by atoms with Crippen molar-refractivity contribution < 1.29 is 0 Å². The van der Waals surface area contributed by atoms with Gasteiger partial charge in [0.2, 0.25) is 0 Å². The van der Waals surface area contributed by atoms with Crippen LogP contribution in [0, 0.1) is 0 Å². The number of likely N-dealkylation sites (N-methyl/N-ethyl adjacent to an activating group) is 1. The van der Waals surface area contributed by atoms with Crippen LogP contribution >= 0.6 is 11.6 Å². The van der Waals surface area contributed by atoms with Crippen LogP contribution in [0.25, 0.3) is 0 Å². The molecule has 0 bridgehead atoms. The summed E-state index contributed by atoms with van der Waals surface area (Å²) in [7, 11) is 4.17. The molecule has 0 aliphatic rings. The van der Waals surface area contributed by atoms with E-state index in [1.165, 1.54) is 5.56 Å². The summed E-state index contributed by atoms with van der Waals surface area (Å²) < 4.78 is 0. The van der Waals surface area contributed by atoms with Gasteiger partial charge in [-0.1, -0.05) is 11.6 Å². The Morgan fingerprint density at radius 3 is 2.69 bits per heavy atom. The van der Waals surface area contributed by atoms with Gasteiger partial charge in [0.15, 0.2) is 0 Å². The summed E-state index contributed by atoms with van der Waals surface area (Å²) in [5, 5.41) is 4.03. The lowest BCUT2D eigenvalue weighted by molar-refractivity contribution is 0.295. The van der Waals surface area contributed by atoms with Gasteiger partial charge in [-0.05, 0) is 45.6 Å². The van der Waals surface area contributed by atoms with Crippen molar-refractivity contribution in [1.82, 2.24) is 15.2 Å². The molecule has 2 unspecified atom stereocenters. The Balaban J connectivity index is 2.49. The first-order chi connectivity index (χ1) is 7.50. The molecule has 3 nitrogen and oxygen atoms in total. The van der Waals surface area contributed by atoms with Crippen molar-refractivity contribution in [2.75, 3.05) is 20.6 Å². The number of halogens is 1. The van der Waals surface area contributed by atoms with Crippen LogP contribution < -0.4 is 5.32 Å². The highest BCUT2D eigenvalue weighted by molar-refractivity contribution is 6.29. The zero-order valence-corrected chi connectivity index (χ0v) is 11.1. The van der Waals surface area contributed by atoms with E-state index in [0.717, 1.165) is 6.54 Å². The van der Waals surface area contributed by atoms with Crippen molar-refractivity contribution in [2.45, 2.75) is 25.9 Å². The highest BCUT2D eigenvalue weighted by atomic mass is 35.5. The van der Waals surface area contributed by atoms with E-state index in [0.29, 0.717) is 17.2 Å². The van der Waals surface area contributed by atoms with E-state index in [2.05, 4.69) is 43.1 Å². The summed E-state index contributed by atoms with van der Waals surface area (Å²) in [6.45, 7) is 5.28. The van der Waals surface area contributed by atoms with E-state index in [1.807, 2.05) is 12.1 Å². The van der Waals surface area contributed by atoms with E-state index in [4.69, 9.17) is 11.6 Å². The summed E-state index contributed by atoms with van der Waals surface area (Å²) in [6.07, 6.45) is 1.74. The first-order valence-electron chi connectivity index (χ1n) is 5.52. The van der Waals surface area contributed by atoms with Crippen LogP contribution in [0.1, 0.15) is 25.5 Å². The summed E-state index contributed by atoms with van der Waals surface area (Å²) in [5.41, 5.74) is 1.17. The lowest BCUT2D eigenvalue weighted by atomic mass is 10.1. The second kappa shape index (κ2) is 6.18. The molecule has 0 spiro atoms. The molecule has 1 aromatic rings. The minimum atomic E-state index is 0.294. The van der Waals surface area contributed by atoms with E-state index >= 15 is 0 Å². The lowest BCUT2D eigenvalue weighted by Crippen LogP contribution is -2.36. The lowest BCUT2D eigenvalue weighted by Gasteiger charge is -2.23. The molecule has 0 saturated carbocycles. The van der Waals surface area contributed by atoms with Crippen LogP contribution in [0.4, 0.5) is 0 Å². The molecule has 0 fully saturated rings. The highest BCUT2D eigenvalue weighted by Gasteiger charge is 2.09. The molecule has 0 radical (unpaired) electrons. The van der Waals surface area contributed by atoms with E-state index in [-0.39, 0.29) is 0 Å². The van der Waals surface area contributed by atoms with E-state index < -0.39 is 0 Å². The summed E-state index contributed by atoms with van der Waals surface area (Å²) in [5.74, 6) is 0. The number of pyridine rings is 1. The van der Waals surface area contributed by atoms with Crippen LogP contribution in [0.5, 0.6) is 0 Å². The monoisotopic (exact) mass is 241 g/mol. The number of rotatable bonds is 5. The van der Waals surface area contributed by atoms with Crippen molar-refractivity contribution in [3.8, 4) is 0 Å². The minimum Gasteiger partial charge on any atom is -0.309 e. The fourth-order valence-corrected chi connectivity index (χ4v) is 1.52. The Morgan fingerprint density at radius 1 is 1.44 bits per heavy atom. The molecule has 0 aromatic carbocycles. The molecular formula is C12H20ClN3. The van der Waals surface area contributed by atoms with Crippen molar-refractivity contribution in [2.24, 2.45) is 0 Å². The van der Waals surface area contributed by atoms with Crippen LogP contribution in [-0.4, -0.2) is 36.6 Å². The zero-order valence-electron chi connectivity index (χ0n) is 10.4. The first-order valence-corrected chi connectivity index (χ1v) is 5.89. The molecule has 0 aliphatic heterocycles. The largest absolute Gasteiger partial charge is 0.309 e. The second-order valence-corrected chi connectivity index (χ2v) is 4.74. The number of nitrogens with one attached hydrogen (secondary N) is 1. The molecule has 2 atom stereocenters. The molecule has 1 heterocycles. The summed E-state index contributed by atoms with van der Waals surface area (Å²) in [6, 6.07) is 4.70. The van der Waals surface area contributed by atoms with Crippen molar-refractivity contribution in [3.05, 3.63) is 29.0 Å². The smallest absolute Gasteiger partial charge is 0.129 e. The normalized spacial score (nSPS) is 15.1. The van der Waals surface area contributed by atoms with Gasteiger partial charge in [-0.25, -0.2) is 4.98 Å². The molecule has 16 heavy (non-hydrogen) atoms. The Hall–Kier alpha value is -0.640. The van der Waals surface area contributed by atoms with Crippen LogP contribution in [0.2, 0.25) is 5.15 Å². The maximum atomic E-state index is 5.85. The van der Waals surface area contributed by atoms with Gasteiger partial charge < -0.3 is 10.2 Å². The number of aromatic nitrogens is 1. The van der Waals surface area contributed by atoms with Gasteiger partial charge in [-0.15, -0.1) is 0 Å². The SMILES string of the molecule is CC(NCC(C)N(C)C)c1ccnc(Cl)c1. The standard InChI is InChI=1S/C12H20ClN3/c1-9(16(3)4)8-15-10(2)11-5-6-14-12(13)7-11/h5-7,9-10,15H,8H2,1-4H3. The minimum absolute atomic E-state index is 0.294. The highest BCUT2D eigenvalue weighted by Crippen LogP contribution is 2.15. The Labute approximate surface area is 103 Å². The topological polar surface area (TPSA) is 28.2 Å². The van der Waals surface area contributed by atoms with Gasteiger partial charge in [-0.2, -0.15) is 0 Å². The molecule has 1 rings (SSSR count). The molecule has 4 heteroatoms. The molecule has 1 N–H and O–H groups in total. The number of hydrogen-bond donors (Lipinski definition) is 1. The van der Waals surface area contributed by atoms with Gasteiger partial charge >= 0.3 is 0 Å². The van der Waals surface area contributed by atoms with Crippen LogP contribution in [0.3, 0.4) is 0 Å². The Morgan fingerprint density at radius 2 is 2.12 bits per heavy atom. The molecule has 0 aliphatic carbocycles. The van der Waals surface area contributed by atoms with E-state index in [1.54, 1.807) is 6.20 Å². The predicted molar refractivity (Wildman–Crippen MR) is 68.8 cm³/mol. The van der Waals surface area contributed by atoms with Crippen molar-refractivity contribution in [3.63, 3.8) is 0 Å². The van der Waals surface area contributed by atoms with Gasteiger partial charge in [0.25, 0.3) is 0 Å². The van der Waals surface area contributed by atoms with Crippen LogP contribution in [-0.2, 0) is 0 Å².